The SMILES string of the molecule is O=CC1COCCO1.[H-].[Li+]. The molecule has 0 N–H and O–H groups in total. The van der Waals surface area contributed by atoms with Gasteiger partial charge >= 0.3 is 18.9 Å². The van der Waals surface area contributed by atoms with Crippen LogP contribution in [0.15, 0.2) is 0 Å². The summed E-state index contributed by atoms with van der Waals surface area (Å²) < 4.78 is 9.85. The average molecular weight is 124 g/mol. The maximum absolute atomic E-state index is 9.95. The average Bonchev–Trinajstić information content (AvgIpc) is 1.90. The van der Waals surface area contributed by atoms with Crippen LogP contribution >= 0.6 is 0 Å². The molecule has 0 aromatic heterocycles. The van der Waals surface area contributed by atoms with Crippen molar-refractivity contribution in [2.75, 3.05) is 19.8 Å². The molecule has 1 aliphatic rings. The summed E-state index contributed by atoms with van der Waals surface area (Å²) in [6, 6.07) is 0. The van der Waals surface area contributed by atoms with Gasteiger partial charge in [-0.1, -0.05) is 0 Å². The van der Waals surface area contributed by atoms with Gasteiger partial charge in [-0.15, -0.1) is 0 Å². The summed E-state index contributed by atoms with van der Waals surface area (Å²) in [7, 11) is 0. The summed E-state index contributed by atoms with van der Waals surface area (Å²) in [6.45, 7) is 1.58. The fourth-order valence-corrected chi connectivity index (χ4v) is 0.585. The molecular formula is C5H9LiO3. The zero-order valence-corrected chi connectivity index (χ0v) is 5.50. The van der Waals surface area contributed by atoms with E-state index in [0.717, 1.165) is 6.29 Å². The van der Waals surface area contributed by atoms with Crippen LogP contribution in [0, 0.1) is 0 Å². The van der Waals surface area contributed by atoms with Crippen LogP contribution in [-0.4, -0.2) is 32.2 Å². The smallest absolute Gasteiger partial charge is 1.00 e. The Bertz CT molecular complexity index is 85.0. The van der Waals surface area contributed by atoms with E-state index >= 15 is 0 Å². The van der Waals surface area contributed by atoms with Crippen molar-refractivity contribution in [3.63, 3.8) is 0 Å². The molecule has 0 radical (unpaired) electrons. The molecule has 0 bridgehead atoms. The first-order chi connectivity index (χ1) is 3.93. The molecule has 4 heteroatoms. The molecule has 1 rings (SSSR count). The summed E-state index contributed by atoms with van der Waals surface area (Å²) in [4.78, 5) is 9.95. The van der Waals surface area contributed by atoms with E-state index in [2.05, 4.69) is 0 Å². The zero-order valence-electron chi connectivity index (χ0n) is 6.50. The topological polar surface area (TPSA) is 35.5 Å². The molecule has 1 heterocycles. The molecule has 9 heavy (non-hydrogen) atoms. The van der Waals surface area contributed by atoms with E-state index in [-0.39, 0.29) is 26.4 Å². The van der Waals surface area contributed by atoms with Crippen LogP contribution < -0.4 is 18.9 Å². The van der Waals surface area contributed by atoms with Crippen LogP contribution in [0.5, 0.6) is 0 Å². The predicted molar refractivity (Wildman–Crippen MR) is 27.7 cm³/mol. The molecule has 0 amide bonds. The Morgan fingerprint density at radius 1 is 1.56 bits per heavy atom. The van der Waals surface area contributed by atoms with Crippen molar-refractivity contribution in [2.45, 2.75) is 6.10 Å². The van der Waals surface area contributed by atoms with E-state index in [1.54, 1.807) is 0 Å². The predicted octanol–water partition coefficient (Wildman–Crippen LogP) is -3.28. The minimum Gasteiger partial charge on any atom is -1.00 e. The normalized spacial score (nSPS) is 26.4. The number of carbonyl (C=O) groups is 1. The Hall–Kier alpha value is 0.187. The van der Waals surface area contributed by atoms with Crippen molar-refractivity contribution in [1.82, 2.24) is 0 Å². The fraction of sp³-hybridized carbons (Fsp3) is 0.800. The Morgan fingerprint density at radius 2 is 2.33 bits per heavy atom. The standard InChI is InChI=1S/C5H8O3.Li.H/c6-3-5-4-7-1-2-8-5;;/h3,5H,1-2,4H2;;/q;+1;-1. The minimum absolute atomic E-state index is 0. The molecule has 0 aromatic carbocycles. The van der Waals surface area contributed by atoms with Crippen molar-refractivity contribution >= 4 is 6.29 Å². The van der Waals surface area contributed by atoms with Crippen LogP contribution in [0.2, 0.25) is 0 Å². The molecule has 1 atom stereocenters. The molecule has 48 valence electrons. The van der Waals surface area contributed by atoms with Gasteiger partial charge in [-0.05, 0) is 0 Å². The van der Waals surface area contributed by atoms with Crippen molar-refractivity contribution in [3.05, 3.63) is 0 Å². The Morgan fingerprint density at radius 3 is 2.67 bits per heavy atom. The van der Waals surface area contributed by atoms with Gasteiger partial charge in [-0.3, -0.25) is 0 Å². The van der Waals surface area contributed by atoms with Crippen LogP contribution in [0.25, 0.3) is 0 Å². The third-order valence-corrected chi connectivity index (χ3v) is 0.993. The van der Waals surface area contributed by atoms with Crippen LogP contribution in [0.1, 0.15) is 1.43 Å². The Labute approximate surface area is 67.4 Å². The first-order valence-electron chi connectivity index (χ1n) is 2.58. The van der Waals surface area contributed by atoms with Crippen molar-refractivity contribution in [3.8, 4) is 0 Å². The number of aldehydes is 1. The summed E-state index contributed by atoms with van der Waals surface area (Å²) in [5.41, 5.74) is 0. The molecule has 1 unspecified atom stereocenters. The second kappa shape index (κ2) is 5.01. The second-order valence-electron chi connectivity index (χ2n) is 1.62. The molecule has 3 nitrogen and oxygen atoms in total. The molecule has 0 saturated carbocycles. The van der Waals surface area contributed by atoms with E-state index in [4.69, 9.17) is 9.47 Å². The maximum atomic E-state index is 9.95. The first-order valence-corrected chi connectivity index (χ1v) is 2.58. The summed E-state index contributed by atoms with van der Waals surface area (Å²) in [5, 5.41) is 0. The van der Waals surface area contributed by atoms with Crippen molar-refractivity contribution in [1.29, 1.82) is 0 Å². The third-order valence-electron chi connectivity index (χ3n) is 0.993. The first kappa shape index (κ1) is 9.19. The monoisotopic (exact) mass is 124 g/mol. The molecule has 1 saturated heterocycles. The molecule has 0 spiro atoms. The van der Waals surface area contributed by atoms with Gasteiger partial charge in [0.2, 0.25) is 0 Å². The molecule has 0 aliphatic carbocycles. The number of hydrogen-bond acceptors (Lipinski definition) is 3. The van der Waals surface area contributed by atoms with Crippen molar-refractivity contribution in [2.24, 2.45) is 0 Å². The van der Waals surface area contributed by atoms with Crippen LogP contribution in [0.3, 0.4) is 0 Å². The Kier molecular flexibility index (Phi) is 5.12. The summed E-state index contributed by atoms with van der Waals surface area (Å²) in [6.07, 6.45) is 0.447. The van der Waals surface area contributed by atoms with E-state index < -0.39 is 0 Å². The van der Waals surface area contributed by atoms with Gasteiger partial charge in [0.25, 0.3) is 0 Å². The van der Waals surface area contributed by atoms with E-state index in [0.29, 0.717) is 19.8 Å². The molecular weight excluding hydrogens is 115 g/mol. The molecule has 1 aliphatic heterocycles. The summed E-state index contributed by atoms with van der Waals surface area (Å²) >= 11 is 0. The number of carbonyl (C=O) groups excluding carboxylic acids is 1. The van der Waals surface area contributed by atoms with Gasteiger partial charge in [-0.25, -0.2) is 0 Å². The minimum atomic E-state index is -0.316. The van der Waals surface area contributed by atoms with Gasteiger partial charge in [0, 0.05) is 0 Å². The van der Waals surface area contributed by atoms with E-state index in [9.17, 15) is 4.79 Å². The zero-order chi connectivity index (χ0) is 5.82. The van der Waals surface area contributed by atoms with Gasteiger partial charge in [0.05, 0.1) is 19.8 Å². The van der Waals surface area contributed by atoms with Crippen molar-refractivity contribution < 1.29 is 34.6 Å². The van der Waals surface area contributed by atoms with Gasteiger partial charge in [0.1, 0.15) is 6.10 Å². The van der Waals surface area contributed by atoms with E-state index in [1.165, 1.54) is 0 Å². The Balaban J connectivity index is 0. The quantitative estimate of drug-likeness (QED) is 0.271. The number of ether oxygens (including phenoxy) is 2. The van der Waals surface area contributed by atoms with Gasteiger partial charge < -0.3 is 15.7 Å². The van der Waals surface area contributed by atoms with Crippen LogP contribution in [0.4, 0.5) is 0 Å². The molecule has 0 aromatic rings. The van der Waals surface area contributed by atoms with Crippen LogP contribution in [-0.2, 0) is 14.3 Å². The fourth-order valence-electron chi connectivity index (χ4n) is 0.585. The van der Waals surface area contributed by atoms with Gasteiger partial charge in [-0.2, -0.15) is 0 Å². The summed E-state index contributed by atoms with van der Waals surface area (Å²) in [5.74, 6) is 0. The van der Waals surface area contributed by atoms with E-state index in [1.807, 2.05) is 0 Å². The van der Waals surface area contributed by atoms with Gasteiger partial charge in [0.15, 0.2) is 6.29 Å². The third kappa shape index (κ3) is 3.02. The second-order valence-corrected chi connectivity index (χ2v) is 1.62. The maximum Gasteiger partial charge on any atom is 1.00 e. The largest absolute Gasteiger partial charge is 1.00 e. The number of rotatable bonds is 1. The number of hydrogen-bond donors (Lipinski definition) is 0. The molecule has 1 fully saturated rings.